The molecule has 0 saturated heterocycles. The van der Waals surface area contributed by atoms with E-state index in [-0.39, 0.29) is 24.6 Å². The number of amides is 1. The van der Waals surface area contributed by atoms with Crippen LogP contribution >= 0.6 is 11.6 Å². The third kappa shape index (κ3) is 4.39. The Hall–Kier alpha value is -2.21. The minimum absolute atomic E-state index is 0.0182. The fourth-order valence-corrected chi connectivity index (χ4v) is 2.09. The molecule has 0 heterocycles. The number of nitrogens with one attached hydrogen (secondary N) is 2. The van der Waals surface area contributed by atoms with Crippen molar-refractivity contribution in [2.45, 2.75) is 13.3 Å². The highest BCUT2D eigenvalue weighted by Crippen LogP contribution is 2.21. The molecule has 0 spiro atoms. The van der Waals surface area contributed by atoms with Crippen LogP contribution in [0.2, 0.25) is 5.02 Å². The Morgan fingerprint density at radius 2 is 1.83 bits per heavy atom. The number of carbonyl (C=O) groups is 1. The highest BCUT2D eigenvalue weighted by atomic mass is 35.5. The predicted molar refractivity (Wildman–Crippen MR) is 84.2 cm³/mol. The van der Waals surface area contributed by atoms with Crippen LogP contribution in [0.3, 0.4) is 0 Å². The number of benzene rings is 2. The van der Waals surface area contributed by atoms with Gasteiger partial charge in [-0.05, 0) is 36.8 Å². The van der Waals surface area contributed by atoms with Crippen LogP contribution in [0.15, 0.2) is 30.3 Å². The molecule has 7 heteroatoms. The summed E-state index contributed by atoms with van der Waals surface area (Å²) >= 11 is 5.86. The molecule has 0 aliphatic heterocycles. The number of hydrogen-bond acceptors (Lipinski definition) is 2. The molecule has 0 fully saturated rings. The topological polar surface area (TPSA) is 41.1 Å². The maximum Gasteiger partial charge on any atom is 0.226 e. The van der Waals surface area contributed by atoms with Crippen LogP contribution in [-0.2, 0) is 4.79 Å². The molecule has 3 nitrogen and oxygen atoms in total. The van der Waals surface area contributed by atoms with Gasteiger partial charge in [0.05, 0.1) is 5.69 Å². The van der Waals surface area contributed by atoms with E-state index in [4.69, 9.17) is 11.6 Å². The van der Waals surface area contributed by atoms with Crippen LogP contribution in [0.5, 0.6) is 0 Å². The van der Waals surface area contributed by atoms with Crippen LogP contribution in [-0.4, -0.2) is 12.5 Å². The van der Waals surface area contributed by atoms with Crippen molar-refractivity contribution in [3.8, 4) is 0 Å². The SMILES string of the molecule is Cc1ccc(Cl)cc1NC(=O)CCNc1ccc(F)c(F)c1F. The predicted octanol–water partition coefficient (Wildman–Crippen LogP) is 4.51. The second kappa shape index (κ2) is 7.37. The van der Waals surface area contributed by atoms with E-state index in [1.54, 1.807) is 18.2 Å². The Labute approximate surface area is 136 Å². The average Bonchev–Trinajstić information content (AvgIpc) is 2.51. The Kier molecular flexibility index (Phi) is 5.50. The van der Waals surface area contributed by atoms with E-state index in [1.807, 2.05) is 6.92 Å². The maximum atomic E-state index is 13.4. The zero-order chi connectivity index (χ0) is 17.0. The zero-order valence-electron chi connectivity index (χ0n) is 12.2. The molecular weight excluding hydrogens is 329 g/mol. The first-order valence-corrected chi connectivity index (χ1v) is 7.19. The van der Waals surface area contributed by atoms with Crippen molar-refractivity contribution in [3.63, 3.8) is 0 Å². The quantitative estimate of drug-likeness (QED) is 0.785. The van der Waals surface area contributed by atoms with Gasteiger partial charge < -0.3 is 10.6 Å². The molecule has 2 aromatic carbocycles. The summed E-state index contributed by atoms with van der Waals surface area (Å²) < 4.78 is 39.3. The third-order valence-corrected chi connectivity index (χ3v) is 3.41. The lowest BCUT2D eigenvalue weighted by Crippen LogP contribution is -2.17. The summed E-state index contributed by atoms with van der Waals surface area (Å²) in [5.41, 5.74) is 1.24. The molecule has 0 atom stereocenters. The Morgan fingerprint density at radius 3 is 2.57 bits per heavy atom. The molecular formula is C16H14ClF3N2O. The van der Waals surface area contributed by atoms with E-state index in [0.717, 1.165) is 17.7 Å². The third-order valence-electron chi connectivity index (χ3n) is 3.18. The van der Waals surface area contributed by atoms with E-state index in [2.05, 4.69) is 10.6 Å². The molecule has 2 aromatic rings. The van der Waals surface area contributed by atoms with Gasteiger partial charge in [-0.1, -0.05) is 17.7 Å². The summed E-state index contributed by atoms with van der Waals surface area (Å²) in [6, 6.07) is 6.99. The summed E-state index contributed by atoms with van der Waals surface area (Å²) in [6.45, 7) is 1.88. The van der Waals surface area contributed by atoms with Crippen LogP contribution in [0, 0.1) is 24.4 Å². The molecule has 122 valence electrons. The Morgan fingerprint density at radius 1 is 1.09 bits per heavy atom. The van der Waals surface area contributed by atoms with Crippen molar-refractivity contribution in [3.05, 3.63) is 58.4 Å². The molecule has 0 aliphatic carbocycles. The van der Waals surface area contributed by atoms with Gasteiger partial charge >= 0.3 is 0 Å². The highest BCUT2D eigenvalue weighted by Gasteiger charge is 2.13. The van der Waals surface area contributed by atoms with Crippen molar-refractivity contribution in [1.29, 1.82) is 0 Å². The summed E-state index contributed by atoms with van der Waals surface area (Å²) in [5, 5.41) is 5.73. The lowest BCUT2D eigenvalue weighted by atomic mass is 10.2. The van der Waals surface area contributed by atoms with Crippen LogP contribution < -0.4 is 10.6 Å². The number of rotatable bonds is 5. The number of hydrogen-bond donors (Lipinski definition) is 2. The standard InChI is InChI=1S/C16H14ClF3N2O/c1-9-2-3-10(17)8-13(9)22-14(23)6-7-21-12-5-4-11(18)15(19)16(12)20/h2-5,8,21H,6-7H2,1H3,(H,22,23). The molecule has 0 bridgehead atoms. The maximum absolute atomic E-state index is 13.4. The van der Waals surface area contributed by atoms with E-state index < -0.39 is 17.5 Å². The van der Waals surface area contributed by atoms with Gasteiger partial charge in [-0.2, -0.15) is 0 Å². The summed E-state index contributed by atoms with van der Waals surface area (Å²) in [6.07, 6.45) is 0.0182. The molecule has 2 N–H and O–H groups in total. The van der Waals surface area contributed by atoms with E-state index >= 15 is 0 Å². The van der Waals surface area contributed by atoms with Crippen molar-refractivity contribution >= 4 is 28.9 Å². The minimum Gasteiger partial charge on any atom is -0.382 e. The fraction of sp³-hybridized carbons (Fsp3) is 0.188. The molecule has 0 aromatic heterocycles. The summed E-state index contributed by atoms with van der Waals surface area (Å²) in [5.74, 6) is -4.43. The molecule has 0 aliphatic rings. The second-order valence-corrected chi connectivity index (χ2v) is 5.34. The van der Waals surface area contributed by atoms with E-state index in [1.165, 1.54) is 0 Å². The van der Waals surface area contributed by atoms with E-state index in [0.29, 0.717) is 10.7 Å². The molecule has 0 unspecified atom stereocenters. The first-order valence-electron chi connectivity index (χ1n) is 6.82. The fourth-order valence-electron chi connectivity index (χ4n) is 1.91. The molecule has 2 rings (SSSR count). The zero-order valence-corrected chi connectivity index (χ0v) is 13.0. The molecule has 1 amide bonds. The Balaban J connectivity index is 1.90. The number of anilines is 2. The normalized spacial score (nSPS) is 10.5. The van der Waals surface area contributed by atoms with Crippen molar-refractivity contribution in [1.82, 2.24) is 0 Å². The first kappa shape index (κ1) is 17.1. The highest BCUT2D eigenvalue weighted by molar-refractivity contribution is 6.31. The number of carbonyl (C=O) groups excluding carboxylic acids is 1. The smallest absolute Gasteiger partial charge is 0.226 e. The van der Waals surface area contributed by atoms with Crippen molar-refractivity contribution < 1.29 is 18.0 Å². The van der Waals surface area contributed by atoms with Gasteiger partial charge in [0.2, 0.25) is 5.91 Å². The molecule has 0 saturated carbocycles. The number of aryl methyl sites for hydroxylation is 1. The summed E-state index contributed by atoms with van der Waals surface area (Å²) in [4.78, 5) is 11.9. The van der Waals surface area contributed by atoms with Gasteiger partial charge in [-0.15, -0.1) is 0 Å². The lowest BCUT2D eigenvalue weighted by Gasteiger charge is -2.10. The first-order chi connectivity index (χ1) is 10.9. The minimum atomic E-state index is -1.55. The largest absolute Gasteiger partial charge is 0.382 e. The molecule has 23 heavy (non-hydrogen) atoms. The lowest BCUT2D eigenvalue weighted by molar-refractivity contribution is -0.115. The van der Waals surface area contributed by atoms with Crippen molar-refractivity contribution in [2.75, 3.05) is 17.2 Å². The Bertz CT molecular complexity index is 738. The molecule has 0 radical (unpaired) electrons. The van der Waals surface area contributed by atoms with Gasteiger partial charge in [0, 0.05) is 23.7 Å². The monoisotopic (exact) mass is 342 g/mol. The van der Waals surface area contributed by atoms with Gasteiger partial charge in [-0.3, -0.25) is 4.79 Å². The van der Waals surface area contributed by atoms with Crippen LogP contribution in [0.1, 0.15) is 12.0 Å². The van der Waals surface area contributed by atoms with Gasteiger partial charge in [0.15, 0.2) is 17.5 Å². The van der Waals surface area contributed by atoms with Gasteiger partial charge in [0.25, 0.3) is 0 Å². The van der Waals surface area contributed by atoms with Gasteiger partial charge in [0.1, 0.15) is 0 Å². The van der Waals surface area contributed by atoms with Crippen molar-refractivity contribution in [2.24, 2.45) is 0 Å². The van der Waals surface area contributed by atoms with Crippen LogP contribution in [0.25, 0.3) is 0 Å². The second-order valence-electron chi connectivity index (χ2n) is 4.91. The number of halogens is 4. The van der Waals surface area contributed by atoms with Gasteiger partial charge in [-0.25, -0.2) is 13.2 Å². The van der Waals surface area contributed by atoms with E-state index in [9.17, 15) is 18.0 Å². The summed E-state index contributed by atoms with van der Waals surface area (Å²) in [7, 11) is 0. The van der Waals surface area contributed by atoms with Crippen LogP contribution in [0.4, 0.5) is 24.5 Å². The average molecular weight is 343 g/mol.